The number of nitrogens with zero attached hydrogens (tertiary/aromatic N) is 3. The highest BCUT2D eigenvalue weighted by atomic mass is 32.1. The van der Waals surface area contributed by atoms with E-state index in [-0.39, 0.29) is 12.1 Å². The van der Waals surface area contributed by atoms with Gasteiger partial charge in [-0.25, -0.2) is 0 Å². The predicted octanol–water partition coefficient (Wildman–Crippen LogP) is 5.40. The molecule has 1 saturated heterocycles. The predicted molar refractivity (Wildman–Crippen MR) is 125 cm³/mol. The maximum Gasteiger partial charge on any atom is 0.170 e. The van der Waals surface area contributed by atoms with Crippen LogP contribution < -0.4 is 5.32 Å². The van der Waals surface area contributed by atoms with Gasteiger partial charge in [0.25, 0.3) is 0 Å². The molecule has 3 heterocycles. The molecule has 1 aliphatic carbocycles. The second-order valence-electron chi connectivity index (χ2n) is 8.47. The SMILES string of the molecule is Cc1cc([C@H]2[C@H](c3ccccn3)NC(=S)N2C2CCCC2)c(C)n1-c1ccccc1. The Morgan fingerprint density at radius 2 is 1.73 bits per heavy atom. The van der Waals surface area contributed by atoms with Gasteiger partial charge in [-0.3, -0.25) is 4.98 Å². The van der Waals surface area contributed by atoms with E-state index in [1.807, 2.05) is 12.3 Å². The number of thiocarbonyl (C=S) groups is 1. The smallest absolute Gasteiger partial charge is 0.170 e. The lowest BCUT2D eigenvalue weighted by atomic mass is 9.95. The lowest BCUT2D eigenvalue weighted by Crippen LogP contribution is -2.37. The van der Waals surface area contributed by atoms with Crippen LogP contribution in [0.15, 0.2) is 60.8 Å². The van der Waals surface area contributed by atoms with E-state index in [0.717, 1.165) is 10.8 Å². The number of benzene rings is 1. The molecular formula is C25H28N4S. The topological polar surface area (TPSA) is 33.1 Å². The van der Waals surface area contributed by atoms with Crippen molar-refractivity contribution in [2.45, 2.75) is 57.7 Å². The minimum atomic E-state index is 0.0593. The summed E-state index contributed by atoms with van der Waals surface area (Å²) in [6.45, 7) is 4.43. The molecule has 154 valence electrons. The van der Waals surface area contributed by atoms with Gasteiger partial charge in [-0.1, -0.05) is 37.1 Å². The Bertz CT molecular complexity index is 1040. The number of aromatic nitrogens is 2. The van der Waals surface area contributed by atoms with E-state index < -0.39 is 0 Å². The van der Waals surface area contributed by atoms with Crippen molar-refractivity contribution in [3.8, 4) is 5.69 Å². The zero-order valence-electron chi connectivity index (χ0n) is 17.6. The average molecular weight is 417 g/mol. The summed E-state index contributed by atoms with van der Waals surface area (Å²) in [5.41, 5.74) is 6.12. The van der Waals surface area contributed by atoms with Crippen molar-refractivity contribution in [3.63, 3.8) is 0 Å². The molecular weight excluding hydrogens is 388 g/mol. The maximum absolute atomic E-state index is 5.89. The minimum Gasteiger partial charge on any atom is -0.352 e. The van der Waals surface area contributed by atoms with Crippen LogP contribution in [-0.4, -0.2) is 25.6 Å². The van der Waals surface area contributed by atoms with Gasteiger partial charge >= 0.3 is 0 Å². The highest BCUT2D eigenvalue weighted by Gasteiger charge is 2.44. The van der Waals surface area contributed by atoms with Crippen molar-refractivity contribution >= 4 is 17.3 Å². The molecule has 2 fully saturated rings. The fourth-order valence-corrected chi connectivity index (χ4v) is 5.72. The number of nitrogens with one attached hydrogen (secondary N) is 1. The molecule has 2 atom stereocenters. The van der Waals surface area contributed by atoms with Crippen LogP contribution in [0.5, 0.6) is 0 Å². The van der Waals surface area contributed by atoms with Crippen LogP contribution in [-0.2, 0) is 0 Å². The molecule has 1 N–H and O–H groups in total. The van der Waals surface area contributed by atoms with Gasteiger partial charge < -0.3 is 14.8 Å². The summed E-state index contributed by atoms with van der Waals surface area (Å²) in [5, 5.41) is 4.49. The first-order valence-corrected chi connectivity index (χ1v) is 11.3. The Kier molecular flexibility index (Phi) is 5.07. The van der Waals surface area contributed by atoms with Gasteiger partial charge in [0.05, 0.1) is 17.8 Å². The van der Waals surface area contributed by atoms with Gasteiger partial charge in [0.1, 0.15) is 0 Å². The van der Waals surface area contributed by atoms with E-state index in [9.17, 15) is 0 Å². The minimum absolute atomic E-state index is 0.0593. The van der Waals surface area contributed by atoms with Crippen molar-refractivity contribution in [1.29, 1.82) is 0 Å². The molecule has 1 aromatic carbocycles. The van der Waals surface area contributed by atoms with Gasteiger partial charge in [-0.15, -0.1) is 0 Å². The molecule has 0 amide bonds. The van der Waals surface area contributed by atoms with E-state index in [1.54, 1.807) is 0 Å². The Hall–Kier alpha value is -2.66. The van der Waals surface area contributed by atoms with E-state index in [1.165, 1.54) is 48.3 Å². The number of aryl methyl sites for hydroxylation is 1. The van der Waals surface area contributed by atoms with Crippen LogP contribution in [0.1, 0.15) is 60.4 Å². The second kappa shape index (κ2) is 7.88. The number of rotatable bonds is 4. The molecule has 0 radical (unpaired) electrons. The molecule has 1 saturated carbocycles. The van der Waals surface area contributed by atoms with Crippen LogP contribution in [0, 0.1) is 13.8 Å². The Labute approximate surface area is 183 Å². The van der Waals surface area contributed by atoms with Crippen LogP contribution >= 0.6 is 12.2 Å². The first-order valence-electron chi connectivity index (χ1n) is 10.9. The van der Waals surface area contributed by atoms with Crippen molar-refractivity contribution < 1.29 is 0 Å². The number of para-hydroxylation sites is 1. The molecule has 2 aliphatic rings. The molecule has 2 aromatic heterocycles. The van der Waals surface area contributed by atoms with E-state index in [4.69, 9.17) is 17.2 Å². The van der Waals surface area contributed by atoms with E-state index in [0.29, 0.717) is 6.04 Å². The number of pyridine rings is 1. The third kappa shape index (κ3) is 3.21. The first kappa shape index (κ1) is 19.3. The van der Waals surface area contributed by atoms with Gasteiger partial charge in [0, 0.05) is 29.3 Å². The molecule has 1 aliphatic heterocycles. The Balaban J connectivity index is 1.64. The molecule has 4 nitrogen and oxygen atoms in total. The van der Waals surface area contributed by atoms with Crippen LogP contribution in [0.2, 0.25) is 0 Å². The highest BCUT2D eigenvalue weighted by Crippen LogP contribution is 2.44. The fourth-order valence-electron chi connectivity index (χ4n) is 5.34. The first-order chi connectivity index (χ1) is 14.6. The van der Waals surface area contributed by atoms with Crippen molar-refractivity contribution in [2.24, 2.45) is 0 Å². The Morgan fingerprint density at radius 3 is 2.43 bits per heavy atom. The molecule has 0 bridgehead atoms. The van der Waals surface area contributed by atoms with Crippen LogP contribution in [0.4, 0.5) is 0 Å². The molecule has 3 aromatic rings. The summed E-state index contributed by atoms with van der Waals surface area (Å²) in [6, 6.07) is 19.8. The molecule has 30 heavy (non-hydrogen) atoms. The third-order valence-electron chi connectivity index (χ3n) is 6.66. The van der Waals surface area contributed by atoms with Gasteiger partial charge in [-0.05, 0) is 74.8 Å². The largest absolute Gasteiger partial charge is 0.352 e. The standard InChI is InChI=1S/C25H28N4S/c1-17-16-21(18(2)28(17)19-10-4-3-5-11-19)24-23(22-14-8-9-15-26-22)27-25(30)29(24)20-12-6-7-13-20/h3-5,8-11,14-16,20,23-24H,6-7,12-13H2,1-2H3,(H,27,30)/t23-,24-/m0/s1. The lowest BCUT2D eigenvalue weighted by Gasteiger charge is -2.33. The maximum atomic E-state index is 5.89. The zero-order chi connectivity index (χ0) is 20.7. The molecule has 0 unspecified atom stereocenters. The summed E-state index contributed by atoms with van der Waals surface area (Å²) in [7, 11) is 0. The fraction of sp³-hybridized carbons (Fsp3) is 0.360. The highest BCUT2D eigenvalue weighted by molar-refractivity contribution is 7.80. The summed E-state index contributed by atoms with van der Waals surface area (Å²) in [4.78, 5) is 7.18. The van der Waals surface area contributed by atoms with Gasteiger partial charge in [0.15, 0.2) is 5.11 Å². The average Bonchev–Trinajstić information content (AvgIpc) is 3.47. The van der Waals surface area contributed by atoms with Gasteiger partial charge in [0.2, 0.25) is 0 Å². The van der Waals surface area contributed by atoms with Crippen LogP contribution in [0.3, 0.4) is 0 Å². The van der Waals surface area contributed by atoms with Crippen LogP contribution in [0.25, 0.3) is 5.69 Å². The summed E-state index contributed by atoms with van der Waals surface area (Å²) >= 11 is 5.89. The summed E-state index contributed by atoms with van der Waals surface area (Å²) in [5.74, 6) is 0. The molecule has 5 heteroatoms. The van der Waals surface area contributed by atoms with E-state index in [2.05, 4.69) is 77.2 Å². The third-order valence-corrected chi connectivity index (χ3v) is 6.99. The monoisotopic (exact) mass is 416 g/mol. The quantitative estimate of drug-likeness (QED) is 0.577. The Morgan fingerprint density at radius 1 is 1.00 bits per heavy atom. The lowest BCUT2D eigenvalue weighted by molar-refractivity contribution is 0.245. The molecule has 0 spiro atoms. The second-order valence-corrected chi connectivity index (χ2v) is 8.86. The number of hydrogen-bond acceptors (Lipinski definition) is 2. The summed E-state index contributed by atoms with van der Waals surface area (Å²) < 4.78 is 2.36. The zero-order valence-corrected chi connectivity index (χ0v) is 18.4. The van der Waals surface area contributed by atoms with E-state index >= 15 is 0 Å². The number of hydrogen-bond donors (Lipinski definition) is 1. The van der Waals surface area contributed by atoms with Crippen molar-refractivity contribution in [3.05, 3.63) is 83.4 Å². The van der Waals surface area contributed by atoms with Crippen molar-refractivity contribution in [1.82, 2.24) is 19.8 Å². The van der Waals surface area contributed by atoms with Gasteiger partial charge in [-0.2, -0.15) is 0 Å². The normalized spacial score (nSPS) is 21.9. The summed E-state index contributed by atoms with van der Waals surface area (Å²) in [6.07, 6.45) is 6.87. The molecule has 5 rings (SSSR count). The van der Waals surface area contributed by atoms with Crippen molar-refractivity contribution in [2.75, 3.05) is 0 Å².